The van der Waals surface area contributed by atoms with E-state index in [1.54, 1.807) is 0 Å². The van der Waals surface area contributed by atoms with Gasteiger partial charge in [0, 0.05) is 49.5 Å². The number of hydrogen-bond acceptors (Lipinski definition) is 5. The summed E-state index contributed by atoms with van der Waals surface area (Å²) in [6, 6.07) is 0.201. The normalized spacial score (nSPS) is 22.7. The molecule has 7 nitrogen and oxygen atoms in total. The molecule has 2 saturated heterocycles. The number of aromatic nitrogens is 2. The molecule has 0 unspecified atom stereocenters. The number of carbonyl (C=O) groups is 2. The molecule has 3 amide bonds. The van der Waals surface area contributed by atoms with Gasteiger partial charge in [-0.2, -0.15) is 4.37 Å². The Kier molecular flexibility index (Phi) is 3.92. The van der Waals surface area contributed by atoms with Gasteiger partial charge in [-0.05, 0) is 32.1 Å². The lowest BCUT2D eigenvalue weighted by Crippen LogP contribution is -2.48. The summed E-state index contributed by atoms with van der Waals surface area (Å²) in [7, 11) is 0. The molecule has 3 heterocycles. The van der Waals surface area contributed by atoms with Crippen molar-refractivity contribution in [3.05, 3.63) is 5.82 Å². The number of hydrogen-bond donors (Lipinski definition) is 1. The van der Waals surface area contributed by atoms with E-state index in [0.29, 0.717) is 36.6 Å². The maximum Gasteiger partial charge on any atom is 0.323 e. The number of nitrogens with zero attached hydrogens (tertiary/aromatic N) is 4. The van der Waals surface area contributed by atoms with Gasteiger partial charge in [0.25, 0.3) is 0 Å². The smallest absolute Gasteiger partial charge is 0.323 e. The largest absolute Gasteiger partial charge is 0.340 e. The zero-order chi connectivity index (χ0) is 15.8. The molecule has 0 bridgehead atoms. The van der Waals surface area contributed by atoms with Crippen LogP contribution in [0, 0.1) is 0 Å². The highest BCUT2D eigenvalue weighted by atomic mass is 32.1. The highest BCUT2D eigenvalue weighted by Gasteiger charge is 2.32. The average Bonchev–Trinajstić information content (AvgIpc) is 3.16. The molecule has 124 valence electrons. The van der Waals surface area contributed by atoms with Gasteiger partial charge in [0.15, 0.2) is 0 Å². The van der Waals surface area contributed by atoms with Crippen LogP contribution in [0.4, 0.5) is 9.93 Å². The predicted octanol–water partition coefficient (Wildman–Crippen LogP) is 2.03. The number of amides is 3. The average molecular weight is 335 g/mol. The molecule has 3 fully saturated rings. The maximum absolute atomic E-state index is 12.3. The van der Waals surface area contributed by atoms with Crippen LogP contribution in [0.15, 0.2) is 0 Å². The van der Waals surface area contributed by atoms with Crippen LogP contribution >= 0.6 is 11.5 Å². The van der Waals surface area contributed by atoms with E-state index in [1.807, 2.05) is 9.80 Å². The molecule has 1 saturated carbocycles. The van der Waals surface area contributed by atoms with Crippen molar-refractivity contribution in [2.75, 3.05) is 25.0 Å². The Balaban J connectivity index is 1.29. The summed E-state index contributed by atoms with van der Waals surface area (Å²) in [5, 5.41) is 3.45. The van der Waals surface area contributed by atoms with E-state index in [9.17, 15) is 9.59 Å². The number of urea groups is 1. The van der Waals surface area contributed by atoms with Crippen LogP contribution in [-0.4, -0.2) is 56.8 Å². The molecular formula is C15H21N5O2S. The number of rotatable bonds is 3. The fraction of sp³-hybridized carbons (Fsp3) is 0.733. The molecule has 0 atom stereocenters. The summed E-state index contributed by atoms with van der Waals surface area (Å²) in [4.78, 5) is 32.3. The second-order valence-electron chi connectivity index (χ2n) is 6.57. The standard InChI is InChI=1S/C15H21N5O2S/c21-12-2-1-7-20(12)11-5-8-19(9-6-11)15(22)17-14-16-13(18-23-14)10-3-4-10/h10-11H,1-9H2,(H,16,17,18,22). The SMILES string of the molecule is O=C(Nc1nc(C2CC2)ns1)N1CCC(N2CCCC2=O)CC1. The summed E-state index contributed by atoms with van der Waals surface area (Å²) in [6.07, 6.45) is 5.70. The highest BCUT2D eigenvalue weighted by Crippen LogP contribution is 2.39. The minimum Gasteiger partial charge on any atom is -0.340 e. The first kappa shape index (κ1) is 14.9. The van der Waals surface area contributed by atoms with Crippen molar-refractivity contribution in [2.24, 2.45) is 0 Å². The van der Waals surface area contributed by atoms with Crippen LogP contribution < -0.4 is 5.32 Å². The molecule has 1 aliphatic carbocycles. The van der Waals surface area contributed by atoms with E-state index < -0.39 is 0 Å². The quantitative estimate of drug-likeness (QED) is 0.917. The van der Waals surface area contributed by atoms with Crippen molar-refractivity contribution in [1.29, 1.82) is 0 Å². The van der Waals surface area contributed by atoms with Crippen molar-refractivity contribution >= 4 is 28.6 Å². The Hall–Kier alpha value is -1.70. The van der Waals surface area contributed by atoms with Crippen molar-refractivity contribution < 1.29 is 9.59 Å². The van der Waals surface area contributed by atoms with Crippen molar-refractivity contribution in [3.63, 3.8) is 0 Å². The van der Waals surface area contributed by atoms with Gasteiger partial charge < -0.3 is 9.80 Å². The second kappa shape index (κ2) is 6.07. The van der Waals surface area contributed by atoms with E-state index in [-0.39, 0.29) is 11.9 Å². The number of anilines is 1. The van der Waals surface area contributed by atoms with Crippen LogP contribution in [0.2, 0.25) is 0 Å². The lowest BCUT2D eigenvalue weighted by Gasteiger charge is -2.36. The van der Waals surface area contributed by atoms with Crippen LogP contribution in [0.25, 0.3) is 0 Å². The molecule has 23 heavy (non-hydrogen) atoms. The molecular weight excluding hydrogens is 314 g/mol. The van der Waals surface area contributed by atoms with Gasteiger partial charge in [0.2, 0.25) is 11.0 Å². The number of likely N-dealkylation sites (tertiary alicyclic amines) is 2. The molecule has 0 spiro atoms. The Labute approximate surface area is 139 Å². The van der Waals surface area contributed by atoms with Gasteiger partial charge in [-0.25, -0.2) is 9.78 Å². The Morgan fingerprint density at radius 2 is 1.96 bits per heavy atom. The molecule has 1 aromatic rings. The van der Waals surface area contributed by atoms with Crippen LogP contribution in [0.1, 0.15) is 50.3 Å². The zero-order valence-electron chi connectivity index (χ0n) is 13.0. The van der Waals surface area contributed by atoms with Gasteiger partial charge in [0.05, 0.1) is 0 Å². The molecule has 1 N–H and O–H groups in total. The first-order valence-corrected chi connectivity index (χ1v) is 9.17. The fourth-order valence-corrected chi connectivity index (χ4v) is 4.04. The molecule has 8 heteroatoms. The van der Waals surface area contributed by atoms with Crippen molar-refractivity contribution in [3.8, 4) is 0 Å². The molecule has 3 aliphatic rings. The third-order valence-electron chi connectivity index (χ3n) is 4.90. The van der Waals surface area contributed by atoms with Gasteiger partial charge >= 0.3 is 6.03 Å². The van der Waals surface area contributed by atoms with E-state index >= 15 is 0 Å². The fourth-order valence-electron chi connectivity index (χ4n) is 3.40. The van der Waals surface area contributed by atoms with Gasteiger partial charge in [0.1, 0.15) is 5.82 Å². The van der Waals surface area contributed by atoms with Crippen molar-refractivity contribution in [2.45, 2.75) is 50.5 Å². The van der Waals surface area contributed by atoms with Gasteiger partial charge in [-0.1, -0.05) is 0 Å². The zero-order valence-corrected chi connectivity index (χ0v) is 13.8. The summed E-state index contributed by atoms with van der Waals surface area (Å²) in [5.41, 5.74) is 0. The Morgan fingerprint density at radius 3 is 2.61 bits per heavy atom. The van der Waals surface area contributed by atoms with Crippen LogP contribution in [0.3, 0.4) is 0 Å². The van der Waals surface area contributed by atoms with Gasteiger partial charge in [-0.15, -0.1) is 0 Å². The third kappa shape index (κ3) is 3.17. The number of piperidine rings is 1. The molecule has 0 radical (unpaired) electrons. The summed E-state index contributed by atoms with van der Waals surface area (Å²) < 4.78 is 4.30. The first-order chi connectivity index (χ1) is 11.2. The number of nitrogens with one attached hydrogen (secondary N) is 1. The summed E-state index contributed by atoms with van der Waals surface area (Å²) in [5.74, 6) is 1.65. The topological polar surface area (TPSA) is 78.4 Å². The minimum absolute atomic E-state index is 0.102. The van der Waals surface area contributed by atoms with Crippen LogP contribution in [0.5, 0.6) is 0 Å². The lowest BCUT2D eigenvalue weighted by molar-refractivity contribution is -0.130. The molecule has 2 aliphatic heterocycles. The van der Waals surface area contributed by atoms with Crippen molar-refractivity contribution in [1.82, 2.24) is 19.2 Å². The first-order valence-electron chi connectivity index (χ1n) is 8.40. The number of carbonyl (C=O) groups excluding carboxylic acids is 2. The highest BCUT2D eigenvalue weighted by molar-refractivity contribution is 7.09. The molecule has 1 aromatic heterocycles. The molecule has 0 aromatic carbocycles. The van der Waals surface area contributed by atoms with E-state index in [2.05, 4.69) is 14.7 Å². The van der Waals surface area contributed by atoms with E-state index in [0.717, 1.165) is 44.5 Å². The Bertz CT molecular complexity index is 607. The summed E-state index contributed by atoms with van der Waals surface area (Å²) >= 11 is 1.26. The predicted molar refractivity (Wildman–Crippen MR) is 86.4 cm³/mol. The summed E-state index contributed by atoms with van der Waals surface area (Å²) in [6.45, 7) is 2.26. The Morgan fingerprint density at radius 1 is 1.17 bits per heavy atom. The molecule has 4 rings (SSSR count). The van der Waals surface area contributed by atoms with Gasteiger partial charge in [-0.3, -0.25) is 10.1 Å². The lowest BCUT2D eigenvalue weighted by atomic mass is 10.0. The third-order valence-corrected chi connectivity index (χ3v) is 5.55. The van der Waals surface area contributed by atoms with E-state index in [1.165, 1.54) is 11.5 Å². The van der Waals surface area contributed by atoms with Crippen LogP contribution in [-0.2, 0) is 4.79 Å². The second-order valence-corrected chi connectivity index (χ2v) is 7.32. The van der Waals surface area contributed by atoms with E-state index in [4.69, 9.17) is 0 Å². The maximum atomic E-state index is 12.3. The monoisotopic (exact) mass is 335 g/mol. The minimum atomic E-state index is -0.102.